The number of unbranched alkanes of at least 4 members (excludes halogenated alkanes) is 1. The predicted molar refractivity (Wildman–Crippen MR) is 59.4 cm³/mol. The summed E-state index contributed by atoms with van der Waals surface area (Å²) < 4.78 is 0. The normalized spacial score (nSPS) is 9.00. The lowest BCUT2D eigenvalue weighted by molar-refractivity contribution is 0.895. The highest BCUT2D eigenvalue weighted by Gasteiger charge is 1.83. The fourth-order valence-corrected chi connectivity index (χ4v) is 1.30. The van der Waals surface area contributed by atoms with Crippen molar-refractivity contribution in [1.82, 2.24) is 0 Å². The van der Waals surface area contributed by atoms with Crippen LogP contribution in [0.5, 0.6) is 0 Å². The summed E-state index contributed by atoms with van der Waals surface area (Å²) in [6.45, 7) is 4.23. The molecule has 0 heterocycles. The molecule has 0 bridgehead atoms. The third kappa shape index (κ3) is 22.5. The van der Waals surface area contributed by atoms with Gasteiger partial charge in [0.2, 0.25) is 0 Å². The zero-order valence-electron chi connectivity index (χ0n) is 8.09. The van der Waals surface area contributed by atoms with E-state index in [-0.39, 0.29) is 0 Å². The van der Waals surface area contributed by atoms with Crippen LogP contribution in [0.1, 0.15) is 19.8 Å². The first-order valence-corrected chi connectivity index (χ1v) is 5.66. The minimum atomic E-state index is 0.597. The summed E-state index contributed by atoms with van der Waals surface area (Å²) in [5.74, 6) is 2.41. The van der Waals surface area contributed by atoms with Gasteiger partial charge in [-0.3, -0.25) is 0 Å². The van der Waals surface area contributed by atoms with Crippen molar-refractivity contribution >= 4 is 11.8 Å². The van der Waals surface area contributed by atoms with Gasteiger partial charge in [-0.05, 0) is 12.2 Å². The van der Waals surface area contributed by atoms with Gasteiger partial charge in [0.15, 0.2) is 0 Å². The molecule has 0 radical (unpaired) electrons. The molecular formula is C8H23N3S. The lowest BCUT2D eigenvalue weighted by Gasteiger charge is -1.94. The van der Waals surface area contributed by atoms with Crippen LogP contribution in [0.15, 0.2) is 0 Å². The molecule has 3 nitrogen and oxygen atoms in total. The Labute approximate surface area is 80.4 Å². The number of thioether (sulfide) groups is 1. The predicted octanol–water partition coefficient (Wildman–Crippen LogP) is 0.382. The monoisotopic (exact) mass is 193 g/mol. The van der Waals surface area contributed by atoms with Gasteiger partial charge >= 0.3 is 0 Å². The van der Waals surface area contributed by atoms with E-state index in [2.05, 4.69) is 6.92 Å². The zero-order valence-corrected chi connectivity index (χ0v) is 8.91. The summed E-state index contributed by atoms with van der Waals surface area (Å²) in [5.41, 5.74) is 15.1. The first-order valence-electron chi connectivity index (χ1n) is 4.51. The molecule has 0 atom stereocenters. The second kappa shape index (κ2) is 17.4. The Morgan fingerprint density at radius 3 is 1.83 bits per heavy atom. The van der Waals surface area contributed by atoms with Gasteiger partial charge < -0.3 is 17.2 Å². The van der Waals surface area contributed by atoms with Crippen LogP contribution in [-0.4, -0.2) is 31.1 Å². The molecule has 0 aromatic rings. The van der Waals surface area contributed by atoms with Crippen LogP contribution in [0.2, 0.25) is 0 Å². The molecule has 0 saturated heterocycles. The summed E-state index contributed by atoms with van der Waals surface area (Å²) >= 11 is 1.95. The molecule has 0 rings (SSSR count). The van der Waals surface area contributed by atoms with Gasteiger partial charge in [-0.2, -0.15) is 11.8 Å². The van der Waals surface area contributed by atoms with Crippen LogP contribution in [0.3, 0.4) is 0 Å². The average Bonchev–Trinajstić information content (AvgIpc) is 2.13. The molecule has 4 heteroatoms. The maximum atomic E-state index is 5.29. The number of hydrogen-bond acceptors (Lipinski definition) is 4. The molecule has 76 valence electrons. The summed E-state index contributed by atoms with van der Waals surface area (Å²) in [4.78, 5) is 0. The molecule has 0 spiro atoms. The second-order valence-electron chi connectivity index (χ2n) is 2.33. The fraction of sp³-hybridized carbons (Fsp3) is 1.00. The van der Waals surface area contributed by atoms with Crippen LogP contribution in [0, 0.1) is 0 Å². The maximum Gasteiger partial charge on any atom is 0.00558 e. The number of hydrogen-bond donors (Lipinski definition) is 3. The molecule has 0 aromatic heterocycles. The van der Waals surface area contributed by atoms with E-state index in [4.69, 9.17) is 17.2 Å². The van der Waals surface area contributed by atoms with E-state index in [1.165, 1.54) is 18.6 Å². The summed E-state index contributed by atoms with van der Waals surface area (Å²) in [6.07, 6.45) is 2.64. The first-order chi connectivity index (χ1) is 5.83. The maximum absolute atomic E-state index is 5.29. The van der Waals surface area contributed by atoms with Crippen LogP contribution >= 0.6 is 11.8 Å². The van der Waals surface area contributed by atoms with Crippen molar-refractivity contribution in [2.75, 3.05) is 31.1 Å². The lowest BCUT2D eigenvalue weighted by atomic mass is 10.4. The Morgan fingerprint density at radius 1 is 0.917 bits per heavy atom. The molecule has 0 aromatic carbocycles. The lowest BCUT2D eigenvalue weighted by Crippen LogP contribution is -2.11. The molecule has 0 amide bonds. The van der Waals surface area contributed by atoms with E-state index < -0.39 is 0 Å². The molecule has 6 N–H and O–H groups in total. The smallest absolute Gasteiger partial charge is 0.00558 e. The van der Waals surface area contributed by atoms with Gasteiger partial charge in [-0.15, -0.1) is 0 Å². The molecule has 0 aliphatic carbocycles. The summed E-state index contributed by atoms with van der Waals surface area (Å²) in [6, 6.07) is 0. The van der Waals surface area contributed by atoms with Crippen LogP contribution < -0.4 is 17.2 Å². The topological polar surface area (TPSA) is 78.1 Å². The molecule has 0 unspecified atom stereocenters. The van der Waals surface area contributed by atoms with Crippen molar-refractivity contribution in [2.24, 2.45) is 17.2 Å². The zero-order chi connectivity index (χ0) is 9.66. The van der Waals surface area contributed by atoms with Gasteiger partial charge in [-0.1, -0.05) is 13.3 Å². The molecule has 0 fully saturated rings. The van der Waals surface area contributed by atoms with Gasteiger partial charge in [0.1, 0.15) is 0 Å². The third-order valence-electron chi connectivity index (χ3n) is 1.07. The van der Waals surface area contributed by atoms with E-state index in [9.17, 15) is 0 Å². The Hall–Kier alpha value is 0.230. The van der Waals surface area contributed by atoms with Crippen molar-refractivity contribution in [2.45, 2.75) is 19.8 Å². The van der Waals surface area contributed by atoms with E-state index in [1.54, 1.807) is 0 Å². The van der Waals surface area contributed by atoms with Gasteiger partial charge in [0, 0.05) is 25.4 Å². The van der Waals surface area contributed by atoms with Gasteiger partial charge in [-0.25, -0.2) is 0 Å². The first kappa shape index (κ1) is 14.7. The second-order valence-corrected chi connectivity index (χ2v) is 3.56. The standard InChI is InChI=1S/C6H15NS.C2H8N2/c1-2-3-5-8-6-4-7;3-1-2-4/h2-7H2,1H3;1-4H2. The quantitative estimate of drug-likeness (QED) is 0.533. The Bertz CT molecular complexity index is 54.3. The van der Waals surface area contributed by atoms with E-state index >= 15 is 0 Å². The minimum Gasteiger partial charge on any atom is -0.330 e. The van der Waals surface area contributed by atoms with Crippen molar-refractivity contribution in [1.29, 1.82) is 0 Å². The number of nitrogens with two attached hydrogens (primary N) is 3. The highest BCUT2D eigenvalue weighted by molar-refractivity contribution is 7.99. The van der Waals surface area contributed by atoms with Gasteiger partial charge in [0.05, 0.1) is 0 Å². The highest BCUT2D eigenvalue weighted by Crippen LogP contribution is 2.01. The minimum absolute atomic E-state index is 0.597. The molecule has 0 aliphatic heterocycles. The molecule has 0 aliphatic rings. The van der Waals surface area contributed by atoms with Crippen LogP contribution in [-0.2, 0) is 0 Å². The number of rotatable bonds is 6. The largest absolute Gasteiger partial charge is 0.330 e. The third-order valence-corrected chi connectivity index (χ3v) is 2.17. The van der Waals surface area contributed by atoms with Crippen LogP contribution in [0.25, 0.3) is 0 Å². The van der Waals surface area contributed by atoms with E-state index in [1.807, 2.05) is 11.8 Å². The highest BCUT2D eigenvalue weighted by atomic mass is 32.2. The van der Waals surface area contributed by atoms with E-state index in [0.717, 1.165) is 12.3 Å². The molecular weight excluding hydrogens is 170 g/mol. The van der Waals surface area contributed by atoms with Crippen molar-refractivity contribution in [3.63, 3.8) is 0 Å². The summed E-state index contributed by atoms with van der Waals surface area (Å²) in [7, 11) is 0. The van der Waals surface area contributed by atoms with Gasteiger partial charge in [0.25, 0.3) is 0 Å². The molecule has 12 heavy (non-hydrogen) atoms. The van der Waals surface area contributed by atoms with Crippen LogP contribution in [0.4, 0.5) is 0 Å². The molecule has 0 saturated carbocycles. The average molecular weight is 193 g/mol. The van der Waals surface area contributed by atoms with E-state index in [0.29, 0.717) is 13.1 Å². The van der Waals surface area contributed by atoms with Crippen molar-refractivity contribution in [3.8, 4) is 0 Å². The fourth-order valence-electron chi connectivity index (χ4n) is 0.432. The SMILES string of the molecule is CCCCSCCN.NCCN. The van der Waals surface area contributed by atoms with Crippen molar-refractivity contribution in [3.05, 3.63) is 0 Å². The van der Waals surface area contributed by atoms with Crippen molar-refractivity contribution < 1.29 is 0 Å². The summed E-state index contributed by atoms with van der Waals surface area (Å²) in [5, 5.41) is 0. The Balaban J connectivity index is 0. The Morgan fingerprint density at radius 2 is 1.50 bits per heavy atom. The Kier molecular flexibility index (Phi) is 21.3.